The summed E-state index contributed by atoms with van der Waals surface area (Å²) in [6, 6.07) is 10.3. The van der Waals surface area contributed by atoms with E-state index < -0.39 is 0 Å². The molecule has 2 aromatic rings. The van der Waals surface area contributed by atoms with Crippen molar-refractivity contribution in [3.05, 3.63) is 48.0 Å². The summed E-state index contributed by atoms with van der Waals surface area (Å²) in [5, 5.41) is 18.7. The van der Waals surface area contributed by atoms with Gasteiger partial charge in [0.2, 0.25) is 0 Å². The molecule has 5 nitrogen and oxygen atoms in total. The van der Waals surface area contributed by atoms with Gasteiger partial charge in [0, 0.05) is 32.8 Å². The molecule has 0 unspecified atom stereocenters. The normalized spacial score (nSPS) is 21.0. The van der Waals surface area contributed by atoms with E-state index in [9.17, 15) is 9.50 Å². The molecule has 1 fully saturated rings. The maximum absolute atomic E-state index is 13.9. The van der Waals surface area contributed by atoms with Crippen molar-refractivity contribution in [2.45, 2.75) is 6.54 Å². The SMILES string of the molecule is CN(CCO)C[C@@H]1CN(Cc2ccc(-c3ccccc3F)o2)C[C@@H]1CO. The van der Waals surface area contributed by atoms with Crippen LogP contribution in [0.15, 0.2) is 40.8 Å². The Morgan fingerprint density at radius 2 is 1.92 bits per heavy atom. The van der Waals surface area contributed by atoms with Gasteiger partial charge in [0.1, 0.15) is 17.3 Å². The molecule has 0 saturated carbocycles. The standard InChI is InChI=1S/C20H27FN2O3/c1-22(8-9-24)10-15-11-23(12-16(15)14-25)13-17-6-7-20(26-17)18-4-2-3-5-19(18)21/h2-7,15-16,24-25H,8-14H2,1H3/t15-,16-/m1/s1. The van der Waals surface area contributed by atoms with Crippen LogP contribution in [0.5, 0.6) is 0 Å². The summed E-state index contributed by atoms with van der Waals surface area (Å²) >= 11 is 0. The molecule has 1 aliphatic heterocycles. The van der Waals surface area contributed by atoms with Gasteiger partial charge in [0.25, 0.3) is 0 Å². The van der Waals surface area contributed by atoms with E-state index in [0.29, 0.717) is 30.3 Å². The van der Waals surface area contributed by atoms with Gasteiger partial charge in [-0.25, -0.2) is 4.39 Å². The Labute approximate surface area is 153 Å². The first-order valence-electron chi connectivity index (χ1n) is 9.07. The minimum absolute atomic E-state index is 0.141. The van der Waals surface area contributed by atoms with Gasteiger partial charge in [-0.05, 0) is 43.1 Å². The Hall–Kier alpha value is -1.73. The number of likely N-dealkylation sites (tertiary alicyclic amines) is 1. The highest BCUT2D eigenvalue weighted by Crippen LogP contribution is 2.28. The second-order valence-corrected chi connectivity index (χ2v) is 7.13. The zero-order valence-electron chi connectivity index (χ0n) is 15.1. The molecule has 1 aliphatic rings. The first-order valence-corrected chi connectivity index (χ1v) is 9.07. The minimum Gasteiger partial charge on any atom is -0.460 e. The summed E-state index contributed by atoms with van der Waals surface area (Å²) in [6.45, 7) is 4.11. The van der Waals surface area contributed by atoms with Crippen LogP contribution in [0.2, 0.25) is 0 Å². The molecule has 0 radical (unpaired) electrons. The average molecular weight is 362 g/mol. The van der Waals surface area contributed by atoms with Crippen LogP contribution in [0.4, 0.5) is 4.39 Å². The average Bonchev–Trinajstić information content (AvgIpc) is 3.22. The Bertz CT molecular complexity index is 706. The lowest BCUT2D eigenvalue weighted by atomic mass is 9.96. The highest BCUT2D eigenvalue weighted by molar-refractivity contribution is 5.58. The molecule has 0 aliphatic carbocycles. The number of aliphatic hydroxyl groups excluding tert-OH is 2. The Morgan fingerprint density at radius 3 is 2.65 bits per heavy atom. The highest BCUT2D eigenvalue weighted by atomic mass is 19.1. The molecule has 2 heterocycles. The van der Waals surface area contributed by atoms with Gasteiger partial charge < -0.3 is 19.5 Å². The van der Waals surface area contributed by atoms with Gasteiger partial charge in [-0.3, -0.25) is 4.90 Å². The van der Waals surface area contributed by atoms with Crippen LogP contribution in [0, 0.1) is 17.7 Å². The summed E-state index contributed by atoms with van der Waals surface area (Å²) in [7, 11) is 1.99. The molecule has 2 N–H and O–H groups in total. The van der Waals surface area contributed by atoms with Crippen molar-refractivity contribution >= 4 is 0 Å². The maximum atomic E-state index is 13.9. The van der Waals surface area contributed by atoms with Crippen LogP contribution < -0.4 is 0 Å². The minimum atomic E-state index is -0.290. The number of likely N-dealkylation sites (N-methyl/N-ethyl adjacent to an activating group) is 1. The zero-order valence-corrected chi connectivity index (χ0v) is 15.1. The predicted octanol–water partition coefficient (Wildman–Crippen LogP) is 2.05. The van der Waals surface area contributed by atoms with Crippen LogP contribution in [0.1, 0.15) is 5.76 Å². The molecule has 142 valence electrons. The van der Waals surface area contributed by atoms with Crippen LogP contribution in [0.3, 0.4) is 0 Å². The monoisotopic (exact) mass is 362 g/mol. The first kappa shape index (κ1) is 19.0. The van der Waals surface area contributed by atoms with E-state index in [0.717, 1.165) is 25.4 Å². The Morgan fingerprint density at radius 1 is 1.15 bits per heavy atom. The third-order valence-corrected chi connectivity index (χ3v) is 5.09. The first-order chi connectivity index (χ1) is 12.6. The molecule has 1 aromatic heterocycles. The maximum Gasteiger partial charge on any atom is 0.137 e. The Balaban J connectivity index is 1.62. The van der Waals surface area contributed by atoms with E-state index in [1.165, 1.54) is 6.07 Å². The van der Waals surface area contributed by atoms with E-state index >= 15 is 0 Å². The topological polar surface area (TPSA) is 60.1 Å². The molecule has 0 bridgehead atoms. The number of hydrogen-bond donors (Lipinski definition) is 2. The Kier molecular flexibility index (Phi) is 6.43. The van der Waals surface area contributed by atoms with Crippen molar-refractivity contribution in [3.63, 3.8) is 0 Å². The molecular weight excluding hydrogens is 335 g/mol. The number of halogens is 1. The van der Waals surface area contributed by atoms with Gasteiger partial charge in [-0.15, -0.1) is 0 Å². The molecule has 1 aromatic carbocycles. The molecule has 0 amide bonds. The third kappa shape index (κ3) is 4.51. The fraction of sp³-hybridized carbons (Fsp3) is 0.500. The summed E-state index contributed by atoms with van der Waals surface area (Å²) in [6.07, 6.45) is 0. The van der Waals surface area contributed by atoms with Crippen molar-refractivity contribution in [1.82, 2.24) is 9.80 Å². The second kappa shape index (κ2) is 8.77. The summed E-state index contributed by atoms with van der Waals surface area (Å²) in [5.41, 5.74) is 0.469. The number of nitrogens with zero attached hydrogens (tertiary/aromatic N) is 2. The van der Waals surface area contributed by atoms with E-state index in [4.69, 9.17) is 9.52 Å². The molecule has 2 atom stereocenters. The van der Waals surface area contributed by atoms with Crippen LogP contribution in [-0.4, -0.2) is 66.5 Å². The largest absolute Gasteiger partial charge is 0.460 e. The summed E-state index contributed by atoms with van der Waals surface area (Å²) in [5.74, 6) is 1.62. The number of hydrogen-bond acceptors (Lipinski definition) is 5. The molecule has 0 spiro atoms. The number of rotatable bonds is 8. The van der Waals surface area contributed by atoms with Gasteiger partial charge in [-0.1, -0.05) is 12.1 Å². The van der Waals surface area contributed by atoms with Gasteiger partial charge >= 0.3 is 0 Å². The highest BCUT2D eigenvalue weighted by Gasteiger charge is 2.33. The summed E-state index contributed by atoms with van der Waals surface area (Å²) in [4.78, 5) is 4.36. The quantitative estimate of drug-likeness (QED) is 0.753. The number of benzene rings is 1. The molecular formula is C20H27FN2O3. The van der Waals surface area contributed by atoms with Crippen LogP contribution in [-0.2, 0) is 6.54 Å². The molecule has 26 heavy (non-hydrogen) atoms. The van der Waals surface area contributed by atoms with E-state index in [-0.39, 0.29) is 24.9 Å². The smallest absolute Gasteiger partial charge is 0.137 e. The van der Waals surface area contributed by atoms with E-state index in [1.807, 2.05) is 13.1 Å². The van der Waals surface area contributed by atoms with Crippen molar-refractivity contribution in [3.8, 4) is 11.3 Å². The number of aliphatic hydroxyl groups is 2. The summed E-state index contributed by atoms with van der Waals surface area (Å²) < 4.78 is 19.7. The van der Waals surface area contributed by atoms with Crippen LogP contribution in [0.25, 0.3) is 11.3 Å². The van der Waals surface area contributed by atoms with E-state index in [2.05, 4.69) is 9.80 Å². The number of furan rings is 1. The fourth-order valence-electron chi connectivity index (χ4n) is 3.73. The van der Waals surface area contributed by atoms with Gasteiger partial charge in [0.15, 0.2) is 0 Å². The lowest BCUT2D eigenvalue weighted by molar-refractivity contribution is 0.160. The van der Waals surface area contributed by atoms with Crippen molar-refractivity contribution in [1.29, 1.82) is 0 Å². The second-order valence-electron chi connectivity index (χ2n) is 7.13. The van der Waals surface area contributed by atoms with Gasteiger partial charge in [0.05, 0.1) is 18.7 Å². The van der Waals surface area contributed by atoms with Crippen molar-refractivity contribution < 1.29 is 19.0 Å². The zero-order chi connectivity index (χ0) is 18.5. The van der Waals surface area contributed by atoms with E-state index in [1.54, 1.807) is 24.3 Å². The predicted molar refractivity (Wildman–Crippen MR) is 98.0 cm³/mol. The van der Waals surface area contributed by atoms with Gasteiger partial charge in [-0.2, -0.15) is 0 Å². The third-order valence-electron chi connectivity index (χ3n) is 5.09. The van der Waals surface area contributed by atoms with Crippen molar-refractivity contribution in [2.24, 2.45) is 11.8 Å². The lowest BCUT2D eigenvalue weighted by Gasteiger charge is -2.23. The fourth-order valence-corrected chi connectivity index (χ4v) is 3.73. The van der Waals surface area contributed by atoms with Crippen LogP contribution >= 0.6 is 0 Å². The lowest BCUT2D eigenvalue weighted by Crippen LogP contribution is -2.32. The molecule has 3 rings (SSSR count). The molecule has 6 heteroatoms. The molecule has 1 saturated heterocycles. The van der Waals surface area contributed by atoms with Crippen molar-refractivity contribution in [2.75, 3.05) is 46.4 Å².